The van der Waals surface area contributed by atoms with Gasteiger partial charge < -0.3 is 10.1 Å². The van der Waals surface area contributed by atoms with E-state index in [9.17, 15) is 9.59 Å². The number of carbonyl (C=O) groups excluding carboxylic acids is 2. The van der Waals surface area contributed by atoms with E-state index in [0.29, 0.717) is 28.9 Å². The van der Waals surface area contributed by atoms with E-state index in [1.807, 2.05) is 32.0 Å². The van der Waals surface area contributed by atoms with Crippen molar-refractivity contribution in [1.29, 1.82) is 0 Å². The van der Waals surface area contributed by atoms with Gasteiger partial charge in [-0.15, -0.1) is 0 Å². The highest BCUT2D eigenvalue weighted by molar-refractivity contribution is 6.31. The summed E-state index contributed by atoms with van der Waals surface area (Å²) in [6, 6.07) is 9.03. The van der Waals surface area contributed by atoms with Gasteiger partial charge in [0.25, 0.3) is 11.7 Å². The number of ether oxygens (including phenoxy) is 1. The summed E-state index contributed by atoms with van der Waals surface area (Å²) >= 11 is 6.20. The van der Waals surface area contributed by atoms with Crippen LogP contribution in [-0.2, 0) is 16.1 Å². The summed E-state index contributed by atoms with van der Waals surface area (Å²) in [5.41, 5.74) is 1.70. The fourth-order valence-corrected chi connectivity index (χ4v) is 3.44. The standard InChI is InChI=1S/C21H20ClN7O3/c1-13(2)19-15(9-23-21-24-12-26-29(19)21)20(31)32-11-18(30)27-17-7-8-25-28(17)10-14-5-3-4-6-16(14)22/h3-9,12-13H,10-11H2,1-2H3,(H,27,30). The summed E-state index contributed by atoms with van der Waals surface area (Å²) in [7, 11) is 0. The minimum absolute atomic E-state index is 0.0438. The maximum atomic E-state index is 12.7. The van der Waals surface area contributed by atoms with Gasteiger partial charge in [-0.05, 0) is 17.5 Å². The topological polar surface area (TPSA) is 116 Å². The van der Waals surface area contributed by atoms with E-state index in [1.54, 1.807) is 23.0 Å². The number of aromatic nitrogens is 6. The Bertz CT molecular complexity index is 1280. The molecule has 4 rings (SSSR count). The molecule has 0 radical (unpaired) electrons. The number of anilines is 1. The van der Waals surface area contributed by atoms with Gasteiger partial charge in [0.15, 0.2) is 6.61 Å². The van der Waals surface area contributed by atoms with Crippen molar-refractivity contribution in [2.45, 2.75) is 26.3 Å². The molecule has 0 saturated heterocycles. The summed E-state index contributed by atoms with van der Waals surface area (Å²) in [4.78, 5) is 33.2. The Balaban J connectivity index is 1.42. The SMILES string of the molecule is CC(C)c1c(C(=O)OCC(=O)Nc2ccnn2Cc2ccccc2Cl)cnc2ncnn12. The predicted molar refractivity (Wildman–Crippen MR) is 117 cm³/mol. The van der Waals surface area contributed by atoms with Gasteiger partial charge in [-0.3, -0.25) is 4.79 Å². The van der Waals surface area contributed by atoms with E-state index >= 15 is 0 Å². The number of nitrogens with one attached hydrogen (secondary N) is 1. The molecule has 0 aliphatic carbocycles. The molecule has 1 N–H and O–H groups in total. The van der Waals surface area contributed by atoms with E-state index in [4.69, 9.17) is 16.3 Å². The molecule has 3 heterocycles. The molecule has 164 valence electrons. The first-order chi connectivity index (χ1) is 15.4. The zero-order chi connectivity index (χ0) is 22.7. The summed E-state index contributed by atoms with van der Waals surface area (Å²) in [6.45, 7) is 3.74. The number of hydrogen-bond acceptors (Lipinski definition) is 7. The summed E-state index contributed by atoms with van der Waals surface area (Å²) in [5, 5.41) is 11.6. The average molecular weight is 454 g/mol. The van der Waals surface area contributed by atoms with Crippen molar-refractivity contribution < 1.29 is 14.3 Å². The van der Waals surface area contributed by atoms with Crippen molar-refractivity contribution in [1.82, 2.24) is 29.4 Å². The Labute approximate surface area is 188 Å². The highest BCUT2D eigenvalue weighted by Gasteiger charge is 2.21. The maximum Gasteiger partial charge on any atom is 0.342 e. The van der Waals surface area contributed by atoms with Gasteiger partial charge in [0.2, 0.25) is 0 Å². The molecule has 32 heavy (non-hydrogen) atoms. The quantitative estimate of drug-likeness (QED) is 0.427. The summed E-state index contributed by atoms with van der Waals surface area (Å²) < 4.78 is 8.32. The first kappa shape index (κ1) is 21.4. The van der Waals surface area contributed by atoms with Crippen molar-refractivity contribution in [3.05, 3.63) is 70.9 Å². The maximum absolute atomic E-state index is 12.7. The van der Waals surface area contributed by atoms with Crippen LogP contribution >= 0.6 is 11.6 Å². The van der Waals surface area contributed by atoms with Crippen molar-refractivity contribution >= 4 is 35.1 Å². The van der Waals surface area contributed by atoms with E-state index < -0.39 is 18.5 Å². The zero-order valence-corrected chi connectivity index (χ0v) is 18.2. The molecule has 11 heteroatoms. The first-order valence-corrected chi connectivity index (χ1v) is 10.2. The third-order valence-corrected chi connectivity index (χ3v) is 5.07. The number of hydrogen-bond donors (Lipinski definition) is 1. The second-order valence-corrected chi connectivity index (χ2v) is 7.68. The second kappa shape index (κ2) is 9.15. The Morgan fingerprint density at radius 2 is 1.97 bits per heavy atom. The van der Waals surface area contributed by atoms with E-state index in [0.717, 1.165) is 5.56 Å². The Kier molecular flexibility index (Phi) is 6.13. The van der Waals surface area contributed by atoms with Crippen LogP contribution in [0.3, 0.4) is 0 Å². The van der Waals surface area contributed by atoms with Crippen molar-refractivity contribution in [2.75, 3.05) is 11.9 Å². The van der Waals surface area contributed by atoms with Crippen LogP contribution in [0.2, 0.25) is 5.02 Å². The van der Waals surface area contributed by atoms with Crippen LogP contribution in [0.1, 0.15) is 41.4 Å². The lowest BCUT2D eigenvalue weighted by molar-refractivity contribution is -0.119. The molecule has 0 fully saturated rings. The minimum Gasteiger partial charge on any atom is -0.452 e. The molecule has 0 unspecified atom stereocenters. The van der Waals surface area contributed by atoms with Gasteiger partial charge in [-0.25, -0.2) is 19.0 Å². The number of nitrogens with zero attached hydrogens (tertiary/aromatic N) is 6. The molecule has 4 aromatic rings. The fourth-order valence-electron chi connectivity index (χ4n) is 3.25. The number of carbonyl (C=O) groups is 2. The Hall–Kier alpha value is -3.79. The average Bonchev–Trinajstić information content (AvgIpc) is 3.42. The molecule has 1 amide bonds. The van der Waals surface area contributed by atoms with Crippen LogP contribution in [0, 0.1) is 0 Å². The fraction of sp³-hybridized carbons (Fsp3) is 0.238. The van der Waals surface area contributed by atoms with Crippen LogP contribution in [0.5, 0.6) is 0 Å². The zero-order valence-electron chi connectivity index (χ0n) is 17.4. The molecular formula is C21H20ClN7O3. The van der Waals surface area contributed by atoms with Crippen LogP contribution < -0.4 is 5.32 Å². The van der Waals surface area contributed by atoms with Gasteiger partial charge in [0, 0.05) is 17.3 Å². The summed E-state index contributed by atoms with van der Waals surface area (Å²) in [5.74, 6) is -0.370. The molecule has 0 bridgehead atoms. The Morgan fingerprint density at radius 1 is 1.16 bits per heavy atom. The molecule has 0 aliphatic rings. The minimum atomic E-state index is -0.668. The molecule has 0 aliphatic heterocycles. The van der Waals surface area contributed by atoms with Crippen LogP contribution in [0.15, 0.2) is 49.1 Å². The number of benzene rings is 1. The molecule has 0 saturated carbocycles. The highest BCUT2D eigenvalue weighted by Crippen LogP contribution is 2.20. The number of amides is 1. The van der Waals surface area contributed by atoms with Crippen molar-refractivity contribution in [3.63, 3.8) is 0 Å². The molecule has 0 atom stereocenters. The highest BCUT2D eigenvalue weighted by atomic mass is 35.5. The molecule has 3 aromatic heterocycles. The van der Waals surface area contributed by atoms with Crippen LogP contribution in [-0.4, -0.2) is 47.8 Å². The van der Waals surface area contributed by atoms with E-state index in [1.165, 1.54) is 17.0 Å². The van der Waals surface area contributed by atoms with Gasteiger partial charge in [-0.2, -0.15) is 15.2 Å². The van der Waals surface area contributed by atoms with Gasteiger partial charge in [0.1, 0.15) is 12.1 Å². The number of halogens is 1. The van der Waals surface area contributed by atoms with E-state index in [-0.39, 0.29) is 11.5 Å². The first-order valence-electron chi connectivity index (χ1n) is 9.85. The van der Waals surface area contributed by atoms with Gasteiger partial charge in [-0.1, -0.05) is 43.6 Å². The summed E-state index contributed by atoms with van der Waals surface area (Å²) in [6.07, 6.45) is 4.31. The molecule has 1 aromatic carbocycles. The monoisotopic (exact) mass is 453 g/mol. The third-order valence-electron chi connectivity index (χ3n) is 4.71. The number of esters is 1. The smallest absolute Gasteiger partial charge is 0.342 e. The lowest BCUT2D eigenvalue weighted by atomic mass is 10.1. The predicted octanol–water partition coefficient (Wildman–Crippen LogP) is 2.94. The second-order valence-electron chi connectivity index (χ2n) is 7.27. The normalized spacial score (nSPS) is 11.1. The van der Waals surface area contributed by atoms with E-state index in [2.05, 4.69) is 25.5 Å². The van der Waals surface area contributed by atoms with Crippen molar-refractivity contribution in [3.8, 4) is 0 Å². The van der Waals surface area contributed by atoms with Crippen LogP contribution in [0.4, 0.5) is 5.82 Å². The van der Waals surface area contributed by atoms with Gasteiger partial charge in [0.05, 0.1) is 24.0 Å². The number of fused-ring (bicyclic) bond motifs is 1. The Morgan fingerprint density at radius 3 is 2.75 bits per heavy atom. The molecular weight excluding hydrogens is 434 g/mol. The lowest BCUT2D eigenvalue weighted by Crippen LogP contribution is -2.24. The number of rotatable bonds is 7. The molecule has 0 spiro atoms. The van der Waals surface area contributed by atoms with Crippen LogP contribution in [0.25, 0.3) is 5.78 Å². The van der Waals surface area contributed by atoms with Gasteiger partial charge >= 0.3 is 5.97 Å². The largest absolute Gasteiger partial charge is 0.452 e. The lowest BCUT2D eigenvalue weighted by Gasteiger charge is -2.13. The molecule has 10 nitrogen and oxygen atoms in total. The third kappa shape index (κ3) is 4.45. The van der Waals surface area contributed by atoms with Crippen molar-refractivity contribution in [2.24, 2.45) is 0 Å².